The normalized spacial score (nSPS) is 25.4. The van der Waals surface area contributed by atoms with E-state index in [9.17, 15) is 9.59 Å². The van der Waals surface area contributed by atoms with E-state index in [1.165, 1.54) is 0 Å². The number of urea groups is 1. The first-order valence-electron chi connectivity index (χ1n) is 7.32. The summed E-state index contributed by atoms with van der Waals surface area (Å²) in [6.45, 7) is 7.04. The number of ether oxygens (including phenoxy) is 2. The maximum absolute atomic E-state index is 12.2. The fourth-order valence-electron chi connectivity index (χ4n) is 2.52. The summed E-state index contributed by atoms with van der Waals surface area (Å²) < 4.78 is 10.5. The lowest BCUT2D eigenvalue weighted by molar-refractivity contribution is -0.133. The first-order chi connectivity index (χ1) is 10.1. The predicted molar refractivity (Wildman–Crippen MR) is 75.8 cm³/mol. The van der Waals surface area contributed by atoms with Crippen molar-refractivity contribution in [3.05, 3.63) is 0 Å². The van der Waals surface area contributed by atoms with E-state index in [0.29, 0.717) is 13.2 Å². The molecule has 0 aromatic heterocycles. The standard InChI is InChI=1S/C13H24N4O4/c1-10(8-16-2-5-20-6-3-16)15-13(19)17-4-7-21-11(9-17)12(14)18/h10-11H,2-9H2,1H3,(H2,14,18)(H,15,19). The van der Waals surface area contributed by atoms with Crippen LogP contribution in [0.15, 0.2) is 0 Å². The van der Waals surface area contributed by atoms with Crippen molar-refractivity contribution in [2.75, 3.05) is 52.5 Å². The third-order valence-electron chi connectivity index (χ3n) is 3.68. The van der Waals surface area contributed by atoms with Gasteiger partial charge in [-0.15, -0.1) is 0 Å². The Hall–Kier alpha value is -1.38. The highest BCUT2D eigenvalue weighted by atomic mass is 16.5. The van der Waals surface area contributed by atoms with Crippen LogP contribution in [-0.4, -0.2) is 86.4 Å². The van der Waals surface area contributed by atoms with Crippen molar-refractivity contribution < 1.29 is 19.1 Å². The third kappa shape index (κ3) is 4.83. The van der Waals surface area contributed by atoms with Crippen LogP contribution >= 0.6 is 0 Å². The second-order valence-electron chi connectivity index (χ2n) is 5.47. The van der Waals surface area contributed by atoms with E-state index in [-0.39, 0.29) is 18.6 Å². The zero-order valence-corrected chi connectivity index (χ0v) is 12.4. The number of carbonyl (C=O) groups excluding carboxylic acids is 2. The van der Waals surface area contributed by atoms with Crippen molar-refractivity contribution in [1.82, 2.24) is 15.1 Å². The topological polar surface area (TPSA) is 97.1 Å². The summed E-state index contributed by atoms with van der Waals surface area (Å²) in [5.41, 5.74) is 5.21. The van der Waals surface area contributed by atoms with Gasteiger partial charge in [-0.3, -0.25) is 9.69 Å². The monoisotopic (exact) mass is 300 g/mol. The van der Waals surface area contributed by atoms with Gasteiger partial charge in [0.1, 0.15) is 0 Å². The maximum Gasteiger partial charge on any atom is 0.317 e. The van der Waals surface area contributed by atoms with Crippen LogP contribution in [0.5, 0.6) is 0 Å². The summed E-state index contributed by atoms with van der Waals surface area (Å²) in [5, 5.41) is 2.95. The molecule has 2 aliphatic heterocycles. The Balaban J connectivity index is 1.75. The van der Waals surface area contributed by atoms with Gasteiger partial charge >= 0.3 is 6.03 Å². The fourth-order valence-corrected chi connectivity index (χ4v) is 2.52. The number of morpholine rings is 2. The molecule has 120 valence electrons. The zero-order valence-electron chi connectivity index (χ0n) is 12.4. The SMILES string of the molecule is CC(CN1CCOCC1)NC(=O)N1CCOC(C(N)=O)C1. The molecule has 0 aliphatic carbocycles. The second-order valence-corrected chi connectivity index (χ2v) is 5.47. The molecule has 0 saturated carbocycles. The molecule has 2 unspecified atom stereocenters. The molecule has 2 atom stereocenters. The van der Waals surface area contributed by atoms with Gasteiger partial charge in [0.15, 0.2) is 6.10 Å². The van der Waals surface area contributed by atoms with Crippen molar-refractivity contribution >= 4 is 11.9 Å². The van der Waals surface area contributed by atoms with Crippen molar-refractivity contribution in [3.63, 3.8) is 0 Å². The quantitative estimate of drug-likeness (QED) is 0.666. The molecule has 3 amide bonds. The molecule has 0 radical (unpaired) electrons. The number of amides is 3. The van der Waals surface area contributed by atoms with Crippen LogP contribution in [0.25, 0.3) is 0 Å². The highest BCUT2D eigenvalue weighted by Gasteiger charge is 2.28. The summed E-state index contributed by atoms with van der Waals surface area (Å²) in [6, 6.07) is -0.143. The highest BCUT2D eigenvalue weighted by Crippen LogP contribution is 2.06. The van der Waals surface area contributed by atoms with Crippen LogP contribution in [0.1, 0.15) is 6.92 Å². The first kappa shape index (κ1) is 16.0. The van der Waals surface area contributed by atoms with Crippen molar-refractivity contribution in [3.8, 4) is 0 Å². The number of hydrogen-bond donors (Lipinski definition) is 2. The minimum atomic E-state index is -0.709. The Morgan fingerprint density at radius 3 is 2.67 bits per heavy atom. The van der Waals surface area contributed by atoms with Crippen molar-refractivity contribution in [2.45, 2.75) is 19.1 Å². The molecule has 3 N–H and O–H groups in total. The van der Waals surface area contributed by atoms with Crippen LogP contribution in [0.4, 0.5) is 4.79 Å². The minimum Gasteiger partial charge on any atom is -0.379 e. The zero-order chi connectivity index (χ0) is 15.2. The molecule has 2 aliphatic rings. The summed E-state index contributed by atoms with van der Waals surface area (Å²) in [5.74, 6) is -0.533. The minimum absolute atomic E-state index is 0.0328. The molecule has 0 aromatic carbocycles. The molecular weight excluding hydrogens is 276 g/mol. The smallest absolute Gasteiger partial charge is 0.317 e. The van der Waals surface area contributed by atoms with E-state index < -0.39 is 12.0 Å². The summed E-state index contributed by atoms with van der Waals surface area (Å²) in [6.07, 6.45) is -0.709. The van der Waals surface area contributed by atoms with Gasteiger partial charge in [0, 0.05) is 32.2 Å². The van der Waals surface area contributed by atoms with E-state index in [4.69, 9.17) is 15.2 Å². The molecule has 0 bridgehead atoms. The van der Waals surface area contributed by atoms with Crippen LogP contribution < -0.4 is 11.1 Å². The lowest BCUT2D eigenvalue weighted by Crippen LogP contribution is -2.55. The van der Waals surface area contributed by atoms with Crippen molar-refractivity contribution in [1.29, 1.82) is 0 Å². The summed E-state index contributed by atoms with van der Waals surface area (Å²) >= 11 is 0. The molecule has 0 spiro atoms. The van der Waals surface area contributed by atoms with E-state index in [1.54, 1.807) is 4.90 Å². The van der Waals surface area contributed by atoms with Gasteiger partial charge in [-0.1, -0.05) is 0 Å². The number of rotatable bonds is 4. The molecule has 2 heterocycles. The Morgan fingerprint density at radius 2 is 2.00 bits per heavy atom. The van der Waals surface area contributed by atoms with Crippen LogP contribution in [0.3, 0.4) is 0 Å². The summed E-state index contributed by atoms with van der Waals surface area (Å²) in [7, 11) is 0. The molecule has 2 fully saturated rings. The molecule has 2 saturated heterocycles. The number of carbonyl (C=O) groups is 2. The van der Waals surface area contributed by atoms with Crippen LogP contribution in [0, 0.1) is 0 Å². The van der Waals surface area contributed by atoms with Gasteiger partial charge in [0.05, 0.1) is 26.4 Å². The predicted octanol–water partition coefficient (Wildman–Crippen LogP) is -1.40. The highest BCUT2D eigenvalue weighted by molar-refractivity contribution is 5.81. The molecule has 21 heavy (non-hydrogen) atoms. The molecule has 2 rings (SSSR count). The molecule has 8 heteroatoms. The number of nitrogens with two attached hydrogens (primary N) is 1. The second kappa shape index (κ2) is 7.58. The first-order valence-corrected chi connectivity index (χ1v) is 7.32. The Kier molecular flexibility index (Phi) is 5.77. The van der Waals surface area contributed by atoms with E-state index in [0.717, 1.165) is 32.8 Å². The third-order valence-corrected chi connectivity index (χ3v) is 3.68. The average Bonchev–Trinajstić information content (AvgIpc) is 2.48. The Morgan fingerprint density at radius 1 is 1.29 bits per heavy atom. The van der Waals surface area contributed by atoms with Gasteiger partial charge < -0.3 is 25.4 Å². The molecular formula is C13H24N4O4. The van der Waals surface area contributed by atoms with Crippen LogP contribution in [0.2, 0.25) is 0 Å². The van der Waals surface area contributed by atoms with E-state index >= 15 is 0 Å². The maximum atomic E-state index is 12.2. The van der Waals surface area contributed by atoms with Crippen LogP contribution in [-0.2, 0) is 14.3 Å². The van der Waals surface area contributed by atoms with E-state index in [2.05, 4.69) is 10.2 Å². The molecule has 0 aromatic rings. The Labute approximate surface area is 124 Å². The summed E-state index contributed by atoms with van der Waals surface area (Å²) in [4.78, 5) is 27.2. The molecule has 8 nitrogen and oxygen atoms in total. The van der Waals surface area contributed by atoms with Gasteiger partial charge in [0.2, 0.25) is 5.91 Å². The lowest BCUT2D eigenvalue weighted by Gasteiger charge is -2.33. The number of primary amides is 1. The average molecular weight is 300 g/mol. The van der Waals surface area contributed by atoms with Gasteiger partial charge in [0.25, 0.3) is 0 Å². The van der Waals surface area contributed by atoms with Crippen molar-refractivity contribution in [2.24, 2.45) is 5.73 Å². The van der Waals surface area contributed by atoms with Gasteiger partial charge in [-0.05, 0) is 6.92 Å². The fraction of sp³-hybridized carbons (Fsp3) is 0.846. The Bertz CT molecular complexity index is 373. The van der Waals surface area contributed by atoms with Gasteiger partial charge in [-0.25, -0.2) is 4.79 Å². The van der Waals surface area contributed by atoms with Gasteiger partial charge in [-0.2, -0.15) is 0 Å². The largest absolute Gasteiger partial charge is 0.379 e. The van der Waals surface area contributed by atoms with E-state index in [1.807, 2.05) is 6.92 Å². The number of nitrogens with one attached hydrogen (secondary N) is 1. The number of nitrogens with zero attached hydrogens (tertiary/aromatic N) is 2. The lowest BCUT2D eigenvalue weighted by atomic mass is 10.2. The number of hydrogen-bond acceptors (Lipinski definition) is 5.